The van der Waals surface area contributed by atoms with E-state index in [1.165, 1.54) is 18.2 Å². The zero-order valence-corrected chi connectivity index (χ0v) is 10.00. The van der Waals surface area contributed by atoms with E-state index in [0.29, 0.717) is 5.02 Å². The number of rotatable bonds is 5. The van der Waals surface area contributed by atoms with Crippen LogP contribution in [0.15, 0.2) is 18.2 Å². The van der Waals surface area contributed by atoms with Crippen LogP contribution in [0.3, 0.4) is 0 Å². The van der Waals surface area contributed by atoms with Gasteiger partial charge < -0.3 is 10.2 Å². The smallest absolute Gasteiger partial charge is 0.325 e. The standard InChI is InChI=1S/C10H9Cl2NO4/c11-5-1-2-6(7(12)3-5)9(10(16)17)13-4-8(14)15/h1-3,9,13H,4H2,(H,14,15)(H,16,17). The Morgan fingerprint density at radius 1 is 1.29 bits per heavy atom. The topological polar surface area (TPSA) is 86.6 Å². The molecule has 1 rings (SSSR count). The van der Waals surface area contributed by atoms with E-state index < -0.39 is 24.5 Å². The highest BCUT2D eigenvalue weighted by molar-refractivity contribution is 6.35. The number of hydrogen-bond donors (Lipinski definition) is 3. The molecule has 0 saturated carbocycles. The normalized spacial score (nSPS) is 12.1. The molecular formula is C10H9Cl2NO4. The minimum atomic E-state index is -1.21. The molecule has 1 aromatic rings. The SMILES string of the molecule is O=C(O)CNC(C(=O)O)c1ccc(Cl)cc1Cl. The summed E-state index contributed by atoms with van der Waals surface area (Å²) in [6.07, 6.45) is 0. The quantitative estimate of drug-likeness (QED) is 0.764. The first-order chi connectivity index (χ1) is 7.91. The van der Waals surface area contributed by atoms with Crippen LogP contribution in [0, 0.1) is 0 Å². The number of carbonyl (C=O) groups is 2. The molecule has 0 heterocycles. The first kappa shape index (κ1) is 13.8. The number of halogens is 2. The van der Waals surface area contributed by atoms with Crippen molar-refractivity contribution < 1.29 is 19.8 Å². The molecular weight excluding hydrogens is 269 g/mol. The molecule has 3 N–H and O–H groups in total. The van der Waals surface area contributed by atoms with Crippen LogP contribution in [-0.2, 0) is 9.59 Å². The Kier molecular flexibility index (Phi) is 4.74. The molecule has 0 aliphatic rings. The Morgan fingerprint density at radius 3 is 2.41 bits per heavy atom. The summed E-state index contributed by atoms with van der Waals surface area (Å²) in [5.74, 6) is -2.36. The van der Waals surface area contributed by atoms with Gasteiger partial charge in [-0.1, -0.05) is 29.3 Å². The monoisotopic (exact) mass is 277 g/mol. The highest BCUT2D eigenvalue weighted by Gasteiger charge is 2.22. The van der Waals surface area contributed by atoms with Crippen LogP contribution in [-0.4, -0.2) is 28.7 Å². The number of nitrogens with one attached hydrogen (secondary N) is 1. The molecule has 0 saturated heterocycles. The molecule has 0 radical (unpaired) electrons. The fraction of sp³-hybridized carbons (Fsp3) is 0.200. The van der Waals surface area contributed by atoms with Gasteiger partial charge in [-0.2, -0.15) is 0 Å². The first-order valence-corrected chi connectivity index (χ1v) is 5.30. The van der Waals surface area contributed by atoms with Gasteiger partial charge in [0.25, 0.3) is 0 Å². The number of benzene rings is 1. The fourth-order valence-corrected chi connectivity index (χ4v) is 1.77. The molecule has 92 valence electrons. The molecule has 0 aliphatic heterocycles. The van der Waals surface area contributed by atoms with Gasteiger partial charge in [-0.05, 0) is 17.7 Å². The van der Waals surface area contributed by atoms with Crippen molar-refractivity contribution in [1.29, 1.82) is 0 Å². The molecule has 1 aromatic carbocycles. The second-order valence-corrected chi connectivity index (χ2v) is 4.06. The van der Waals surface area contributed by atoms with Crippen molar-refractivity contribution in [2.45, 2.75) is 6.04 Å². The summed E-state index contributed by atoms with van der Waals surface area (Å²) >= 11 is 11.5. The molecule has 5 nitrogen and oxygen atoms in total. The highest BCUT2D eigenvalue weighted by Crippen LogP contribution is 2.26. The largest absolute Gasteiger partial charge is 0.480 e. The average molecular weight is 278 g/mol. The van der Waals surface area contributed by atoms with Crippen LogP contribution in [0.4, 0.5) is 0 Å². The Bertz CT molecular complexity index is 450. The molecule has 0 bridgehead atoms. The Labute approximate surface area is 107 Å². The molecule has 1 unspecified atom stereocenters. The molecule has 0 spiro atoms. The van der Waals surface area contributed by atoms with E-state index in [4.69, 9.17) is 33.4 Å². The van der Waals surface area contributed by atoms with Crippen molar-refractivity contribution in [3.05, 3.63) is 33.8 Å². The number of carboxylic acids is 2. The van der Waals surface area contributed by atoms with Gasteiger partial charge >= 0.3 is 11.9 Å². The summed E-state index contributed by atoms with van der Waals surface area (Å²) in [6.45, 7) is -0.476. The predicted octanol–water partition coefficient (Wildman–Crippen LogP) is 1.79. The molecule has 1 atom stereocenters. The van der Waals surface area contributed by atoms with Gasteiger partial charge in [-0.15, -0.1) is 0 Å². The van der Waals surface area contributed by atoms with Crippen LogP contribution in [0.5, 0.6) is 0 Å². The molecule has 0 fully saturated rings. The maximum atomic E-state index is 11.0. The zero-order valence-electron chi connectivity index (χ0n) is 8.48. The van der Waals surface area contributed by atoms with E-state index in [2.05, 4.69) is 5.32 Å². The summed E-state index contributed by atoms with van der Waals surface area (Å²) in [6, 6.07) is 3.15. The van der Waals surface area contributed by atoms with Crippen LogP contribution < -0.4 is 5.32 Å². The van der Waals surface area contributed by atoms with Gasteiger partial charge in [0, 0.05) is 10.0 Å². The van der Waals surface area contributed by atoms with Crippen LogP contribution in [0.2, 0.25) is 10.0 Å². The number of carboxylic acid groups (broad SMARTS) is 2. The van der Waals surface area contributed by atoms with Crippen LogP contribution in [0.1, 0.15) is 11.6 Å². The zero-order chi connectivity index (χ0) is 13.0. The lowest BCUT2D eigenvalue weighted by atomic mass is 10.1. The third-order valence-corrected chi connectivity index (χ3v) is 2.54. The average Bonchev–Trinajstić information content (AvgIpc) is 2.20. The highest BCUT2D eigenvalue weighted by atomic mass is 35.5. The summed E-state index contributed by atoms with van der Waals surface area (Å²) in [5, 5.41) is 20.4. The maximum Gasteiger partial charge on any atom is 0.325 e. The predicted molar refractivity (Wildman–Crippen MR) is 62.5 cm³/mol. The third kappa shape index (κ3) is 3.89. The van der Waals surface area contributed by atoms with Crippen LogP contribution >= 0.6 is 23.2 Å². The van der Waals surface area contributed by atoms with Crippen molar-refractivity contribution in [2.75, 3.05) is 6.54 Å². The maximum absolute atomic E-state index is 11.0. The van der Waals surface area contributed by atoms with Gasteiger partial charge in [0.15, 0.2) is 0 Å². The van der Waals surface area contributed by atoms with Crippen molar-refractivity contribution in [1.82, 2.24) is 5.32 Å². The van der Waals surface area contributed by atoms with Crippen LogP contribution in [0.25, 0.3) is 0 Å². The Morgan fingerprint density at radius 2 is 1.94 bits per heavy atom. The van der Waals surface area contributed by atoms with E-state index in [0.717, 1.165) is 0 Å². The molecule has 0 amide bonds. The van der Waals surface area contributed by atoms with Gasteiger partial charge in [-0.25, -0.2) is 0 Å². The van der Waals surface area contributed by atoms with Gasteiger partial charge in [-0.3, -0.25) is 14.9 Å². The lowest BCUT2D eigenvalue weighted by molar-refractivity contribution is -0.140. The second kappa shape index (κ2) is 5.86. The minimum Gasteiger partial charge on any atom is -0.480 e. The minimum absolute atomic E-state index is 0.169. The summed E-state index contributed by atoms with van der Waals surface area (Å²) in [4.78, 5) is 21.4. The van der Waals surface area contributed by atoms with Crippen molar-refractivity contribution in [3.8, 4) is 0 Å². The molecule has 0 aromatic heterocycles. The number of aliphatic carboxylic acids is 2. The van der Waals surface area contributed by atoms with Crippen molar-refractivity contribution in [3.63, 3.8) is 0 Å². The lowest BCUT2D eigenvalue weighted by Gasteiger charge is -2.15. The Hall–Kier alpha value is -1.30. The Balaban J connectivity index is 2.97. The number of hydrogen-bond acceptors (Lipinski definition) is 3. The van der Waals surface area contributed by atoms with E-state index in [1.54, 1.807) is 0 Å². The molecule has 7 heteroatoms. The fourth-order valence-electron chi connectivity index (χ4n) is 1.26. The third-order valence-electron chi connectivity index (χ3n) is 1.98. The van der Waals surface area contributed by atoms with Gasteiger partial charge in [0.2, 0.25) is 0 Å². The van der Waals surface area contributed by atoms with E-state index >= 15 is 0 Å². The van der Waals surface area contributed by atoms with E-state index in [-0.39, 0.29) is 10.6 Å². The van der Waals surface area contributed by atoms with E-state index in [9.17, 15) is 9.59 Å². The molecule has 0 aliphatic carbocycles. The summed E-state index contributed by atoms with van der Waals surface area (Å²) in [5.41, 5.74) is 0.268. The second-order valence-electron chi connectivity index (χ2n) is 3.21. The summed E-state index contributed by atoms with van der Waals surface area (Å²) in [7, 11) is 0. The van der Waals surface area contributed by atoms with Crippen molar-refractivity contribution in [2.24, 2.45) is 0 Å². The van der Waals surface area contributed by atoms with Gasteiger partial charge in [0.1, 0.15) is 6.04 Å². The van der Waals surface area contributed by atoms with Gasteiger partial charge in [0.05, 0.1) is 6.54 Å². The first-order valence-electron chi connectivity index (χ1n) is 4.54. The molecule has 17 heavy (non-hydrogen) atoms. The van der Waals surface area contributed by atoms with E-state index in [1.807, 2.05) is 0 Å². The van der Waals surface area contributed by atoms with Crippen molar-refractivity contribution >= 4 is 35.1 Å². The lowest BCUT2D eigenvalue weighted by Crippen LogP contribution is -2.32. The summed E-state index contributed by atoms with van der Waals surface area (Å²) < 4.78 is 0.